The van der Waals surface area contributed by atoms with Crippen molar-refractivity contribution in [1.82, 2.24) is 15.2 Å². The van der Waals surface area contributed by atoms with Gasteiger partial charge in [0.15, 0.2) is 0 Å². The Morgan fingerprint density at radius 3 is 2.41 bits per heavy atom. The first-order chi connectivity index (χ1) is 13.0. The average Bonchev–Trinajstić information content (AvgIpc) is 3.02. The Bertz CT molecular complexity index is 901. The van der Waals surface area contributed by atoms with Crippen LogP contribution in [0.5, 0.6) is 0 Å². The minimum absolute atomic E-state index is 0.0642. The molecule has 0 atom stereocenters. The summed E-state index contributed by atoms with van der Waals surface area (Å²) < 4.78 is 5.73. The van der Waals surface area contributed by atoms with Gasteiger partial charge >= 0.3 is 0 Å². The largest absolute Gasteiger partial charge is 0.441 e. The normalized spacial score (nSPS) is 11.0. The van der Waals surface area contributed by atoms with Crippen LogP contribution in [0.25, 0.3) is 11.5 Å². The predicted octanol–water partition coefficient (Wildman–Crippen LogP) is 3.57. The molecule has 0 saturated carbocycles. The maximum absolute atomic E-state index is 12.4. The second kappa shape index (κ2) is 8.64. The monoisotopic (exact) mass is 363 g/mol. The first kappa shape index (κ1) is 18.9. The summed E-state index contributed by atoms with van der Waals surface area (Å²) in [5.74, 6) is 1.16. The number of aryl methyl sites for hydroxylation is 1. The molecule has 0 unspecified atom stereocenters. The van der Waals surface area contributed by atoms with Gasteiger partial charge in [0.2, 0.25) is 11.8 Å². The molecule has 140 valence electrons. The molecule has 0 spiro atoms. The molecule has 2 aromatic carbocycles. The summed E-state index contributed by atoms with van der Waals surface area (Å²) in [6.45, 7) is 3.19. The summed E-state index contributed by atoms with van der Waals surface area (Å²) in [6.07, 6.45) is 0.206. The van der Waals surface area contributed by atoms with Crippen molar-refractivity contribution in [1.29, 1.82) is 0 Å². The number of aromatic nitrogens is 1. The molecular formula is C22H25N3O2. The SMILES string of the molecule is Cc1oc(-c2ccccc2)nc1CC(=O)NCc1ccccc1CN(C)C. The van der Waals surface area contributed by atoms with Crippen molar-refractivity contribution in [2.75, 3.05) is 14.1 Å². The molecule has 5 heteroatoms. The number of oxazole rings is 1. The molecule has 1 N–H and O–H groups in total. The highest BCUT2D eigenvalue weighted by Crippen LogP contribution is 2.21. The van der Waals surface area contributed by atoms with Crippen LogP contribution in [0.1, 0.15) is 22.6 Å². The van der Waals surface area contributed by atoms with E-state index in [2.05, 4.69) is 21.3 Å². The smallest absolute Gasteiger partial charge is 0.226 e. The van der Waals surface area contributed by atoms with E-state index in [4.69, 9.17) is 4.42 Å². The van der Waals surface area contributed by atoms with E-state index >= 15 is 0 Å². The molecule has 0 aliphatic carbocycles. The van der Waals surface area contributed by atoms with E-state index in [1.807, 2.05) is 69.6 Å². The number of hydrogen-bond donors (Lipinski definition) is 1. The molecule has 27 heavy (non-hydrogen) atoms. The molecule has 1 heterocycles. The minimum Gasteiger partial charge on any atom is -0.441 e. The van der Waals surface area contributed by atoms with Crippen molar-refractivity contribution in [2.45, 2.75) is 26.4 Å². The first-order valence-electron chi connectivity index (χ1n) is 9.03. The maximum atomic E-state index is 12.4. The molecule has 5 nitrogen and oxygen atoms in total. The molecule has 0 aliphatic heterocycles. The first-order valence-corrected chi connectivity index (χ1v) is 9.03. The standard InChI is InChI=1S/C22H25N3O2/c1-16-20(24-22(27-16)17-9-5-4-6-10-17)13-21(26)23-14-18-11-7-8-12-19(18)15-25(2)3/h4-12H,13-15H2,1-3H3,(H,23,26). The third-order valence-corrected chi connectivity index (χ3v) is 4.32. The number of rotatable bonds is 7. The third-order valence-electron chi connectivity index (χ3n) is 4.32. The van der Waals surface area contributed by atoms with Crippen molar-refractivity contribution < 1.29 is 9.21 Å². The molecule has 0 radical (unpaired) electrons. The quantitative estimate of drug-likeness (QED) is 0.697. The summed E-state index contributed by atoms with van der Waals surface area (Å²) >= 11 is 0. The zero-order chi connectivity index (χ0) is 19.2. The van der Waals surface area contributed by atoms with E-state index in [9.17, 15) is 4.79 Å². The number of benzene rings is 2. The van der Waals surface area contributed by atoms with Crippen LogP contribution in [0, 0.1) is 6.92 Å². The Balaban J connectivity index is 1.63. The highest BCUT2D eigenvalue weighted by atomic mass is 16.4. The van der Waals surface area contributed by atoms with Crippen molar-refractivity contribution in [3.8, 4) is 11.5 Å². The van der Waals surface area contributed by atoms with Gasteiger partial charge in [0.05, 0.1) is 12.1 Å². The number of carbonyl (C=O) groups is 1. The summed E-state index contributed by atoms with van der Waals surface area (Å²) in [5, 5.41) is 3.00. The van der Waals surface area contributed by atoms with Gasteiger partial charge in [0.25, 0.3) is 0 Å². The van der Waals surface area contributed by atoms with Gasteiger partial charge < -0.3 is 14.6 Å². The van der Waals surface area contributed by atoms with Crippen molar-refractivity contribution in [3.63, 3.8) is 0 Å². The number of carbonyl (C=O) groups excluding carboxylic acids is 1. The fraction of sp³-hybridized carbons (Fsp3) is 0.273. The van der Waals surface area contributed by atoms with Crippen LogP contribution in [0.15, 0.2) is 59.0 Å². The van der Waals surface area contributed by atoms with Gasteiger partial charge in [-0.3, -0.25) is 4.79 Å². The lowest BCUT2D eigenvalue weighted by Crippen LogP contribution is -2.26. The second-order valence-electron chi connectivity index (χ2n) is 6.85. The Hall–Kier alpha value is -2.92. The summed E-state index contributed by atoms with van der Waals surface area (Å²) in [4.78, 5) is 19.0. The van der Waals surface area contributed by atoms with Gasteiger partial charge in [-0.05, 0) is 44.3 Å². The van der Waals surface area contributed by atoms with Gasteiger partial charge in [-0.25, -0.2) is 4.98 Å². The van der Waals surface area contributed by atoms with Gasteiger partial charge in [-0.15, -0.1) is 0 Å². The zero-order valence-electron chi connectivity index (χ0n) is 16.0. The molecule has 1 amide bonds. The number of hydrogen-bond acceptors (Lipinski definition) is 4. The van der Waals surface area contributed by atoms with Gasteiger partial charge in [0, 0.05) is 18.7 Å². The second-order valence-corrected chi connectivity index (χ2v) is 6.85. The van der Waals surface area contributed by atoms with Crippen LogP contribution >= 0.6 is 0 Å². The highest BCUT2D eigenvalue weighted by Gasteiger charge is 2.15. The minimum atomic E-state index is -0.0642. The lowest BCUT2D eigenvalue weighted by atomic mass is 10.1. The zero-order valence-corrected chi connectivity index (χ0v) is 16.0. The Morgan fingerprint density at radius 2 is 1.70 bits per heavy atom. The molecule has 1 aromatic heterocycles. The molecule has 3 rings (SSSR count). The number of amides is 1. The Kier molecular flexibility index (Phi) is 6.04. The fourth-order valence-electron chi connectivity index (χ4n) is 2.93. The molecule has 0 bridgehead atoms. The summed E-state index contributed by atoms with van der Waals surface area (Å²) in [6, 6.07) is 17.9. The molecule has 0 saturated heterocycles. The van der Waals surface area contributed by atoms with E-state index in [-0.39, 0.29) is 12.3 Å². The van der Waals surface area contributed by atoms with Crippen LogP contribution < -0.4 is 5.32 Å². The van der Waals surface area contributed by atoms with Crippen molar-refractivity contribution >= 4 is 5.91 Å². The van der Waals surface area contributed by atoms with Gasteiger partial charge in [0.1, 0.15) is 5.76 Å². The summed E-state index contributed by atoms with van der Waals surface area (Å²) in [7, 11) is 4.07. The van der Waals surface area contributed by atoms with E-state index in [1.54, 1.807) is 0 Å². The van der Waals surface area contributed by atoms with E-state index in [0.717, 1.165) is 17.7 Å². The Labute approximate surface area is 160 Å². The van der Waals surface area contributed by atoms with Gasteiger partial charge in [-0.2, -0.15) is 0 Å². The summed E-state index contributed by atoms with van der Waals surface area (Å²) in [5.41, 5.74) is 3.92. The lowest BCUT2D eigenvalue weighted by molar-refractivity contribution is -0.120. The Morgan fingerprint density at radius 1 is 1.04 bits per heavy atom. The van der Waals surface area contributed by atoms with Crippen LogP contribution in [0.2, 0.25) is 0 Å². The van der Waals surface area contributed by atoms with E-state index < -0.39 is 0 Å². The van der Waals surface area contributed by atoms with Crippen LogP contribution in [-0.4, -0.2) is 29.9 Å². The number of nitrogens with zero attached hydrogens (tertiary/aromatic N) is 2. The van der Waals surface area contributed by atoms with Gasteiger partial charge in [-0.1, -0.05) is 42.5 Å². The average molecular weight is 363 g/mol. The van der Waals surface area contributed by atoms with Crippen molar-refractivity contribution in [2.24, 2.45) is 0 Å². The van der Waals surface area contributed by atoms with E-state index in [0.29, 0.717) is 23.9 Å². The molecule has 3 aromatic rings. The number of nitrogens with one attached hydrogen (secondary N) is 1. The topological polar surface area (TPSA) is 58.4 Å². The van der Waals surface area contributed by atoms with Crippen LogP contribution in [-0.2, 0) is 24.3 Å². The third kappa shape index (κ3) is 5.05. The van der Waals surface area contributed by atoms with Crippen LogP contribution in [0.3, 0.4) is 0 Å². The molecule has 0 fully saturated rings. The lowest BCUT2D eigenvalue weighted by Gasteiger charge is -2.14. The van der Waals surface area contributed by atoms with Crippen molar-refractivity contribution in [3.05, 3.63) is 77.2 Å². The predicted molar refractivity (Wildman–Crippen MR) is 106 cm³/mol. The van der Waals surface area contributed by atoms with Crippen LogP contribution in [0.4, 0.5) is 0 Å². The molecule has 0 aliphatic rings. The highest BCUT2D eigenvalue weighted by molar-refractivity contribution is 5.78. The molecular weight excluding hydrogens is 338 g/mol. The fourth-order valence-corrected chi connectivity index (χ4v) is 2.93. The van der Waals surface area contributed by atoms with E-state index in [1.165, 1.54) is 5.56 Å². The maximum Gasteiger partial charge on any atom is 0.226 e.